The molecule has 1 aromatic rings. The van der Waals surface area contributed by atoms with Gasteiger partial charge in [-0.15, -0.1) is 11.6 Å². The molecule has 0 atom stereocenters. The van der Waals surface area contributed by atoms with E-state index < -0.39 is 8.24 Å². The minimum absolute atomic E-state index is 0.0365. The van der Waals surface area contributed by atoms with Crippen LogP contribution in [0.15, 0.2) is 24.3 Å². The first kappa shape index (κ1) is 14.7. The van der Waals surface area contributed by atoms with E-state index in [2.05, 4.69) is 25.7 Å². The maximum absolute atomic E-state index is 12.1. The molecule has 0 radical (unpaired) electrons. The number of nitrogens with zero attached hydrogens (tertiary/aromatic N) is 2. The highest BCUT2D eigenvalue weighted by Crippen LogP contribution is 2.26. The van der Waals surface area contributed by atoms with Crippen LogP contribution in [0.3, 0.4) is 0 Å². The van der Waals surface area contributed by atoms with Crippen LogP contribution in [0.25, 0.3) is 0 Å². The highest BCUT2D eigenvalue weighted by Gasteiger charge is 2.30. The second-order valence-corrected chi connectivity index (χ2v) is 10.1. The fourth-order valence-electron chi connectivity index (χ4n) is 1.89. The number of para-hydroxylation sites is 1. The zero-order valence-electron chi connectivity index (χ0n) is 10.9. The lowest BCUT2D eigenvalue weighted by Crippen LogP contribution is -2.51. The Balaban J connectivity index is 3.30. The van der Waals surface area contributed by atoms with Crippen molar-refractivity contribution in [1.29, 1.82) is 5.26 Å². The highest BCUT2D eigenvalue weighted by atomic mass is 35.5. The van der Waals surface area contributed by atoms with Crippen LogP contribution in [0.1, 0.15) is 5.56 Å². The summed E-state index contributed by atoms with van der Waals surface area (Å²) >= 11 is 5.70. The van der Waals surface area contributed by atoms with E-state index in [1.54, 1.807) is 4.57 Å². The summed E-state index contributed by atoms with van der Waals surface area (Å²) in [7, 11) is -1.88. The van der Waals surface area contributed by atoms with Gasteiger partial charge in [-0.05, 0) is 11.6 Å². The van der Waals surface area contributed by atoms with Crippen molar-refractivity contribution in [1.82, 2.24) is 0 Å². The summed E-state index contributed by atoms with van der Waals surface area (Å²) in [5.41, 5.74) is 1.70. The first-order chi connectivity index (χ1) is 8.41. The van der Waals surface area contributed by atoms with Gasteiger partial charge >= 0.3 is 0 Å². The molecular formula is C13H17ClN2OSi. The van der Waals surface area contributed by atoms with E-state index in [0.29, 0.717) is 6.42 Å². The molecule has 0 aliphatic rings. The molecule has 0 N–H and O–H groups in total. The van der Waals surface area contributed by atoms with Crippen LogP contribution in [0.2, 0.25) is 19.6 Å². The zero-order valence-corrected chi connectivity index (χ0v) is 12.7. The molecule has 0 unspecified atom stereocenters. The number of hydrogen-bond acceptors (Lipinski definition) is 2. The fourth-order valence-corrected chi connectivity index (χ4v) is 3.88. The van der Waals surface area contributed by atoms with E-state index in [1.807, 2.05) is 24.3 Å². The number of carbonyl (C=O) groups is 1. The molecule has 3 nitrogen and oxygen atoms in total. The lowest BCUT2D eigenvalue weighted by molar-refractivity contribution is -0.115. The number of rotatable bonds is 4. The van der Waals surface area contributed by atoms with Crippen molar-refractivity contribution in [2.45, 2.75) is 26.1 Å². The van der Waals surface area contributed by atoms with Gasteiger partial charge in [0.15, 0.2) is 8.24 Å². The summed E-state index contributed by atoms with van der Waals surface area (Å²) in [5.74, 6) is -0.133. The van der Waals surface area contributed by atoms with Gasteiger partial charge in [0.2, 0.25) is 5.91 Å². The Hall–Kier alpha value is -1.31. The molecule has 18 heavy (non-hydrogen) atoms. The van der Waals surface area contributed by atoms with Crippen molar-refractivity contribution in [3.8, 4) is 6.07 Å². The predicted octanol–water partition coefficient (Wildman–Crippen LogP) is 3.16. The summed E-state index contributed by atoms with van der Waals surface area (Å²) < 4.78 is 1.80. The quantitative estimate of drug-likeness (QED) is 0.628. The summed E-state index contributed by atoms with van der Waals surface area (Å²) in [6.45, 7) is 6.25. The predicted molar refractivity (Wildman–Crippen MR) is 77.3 cm³/mol. The zero-order chi connectivity index (χ0) is 13.8. The smallest absolute Gasteiger partial charge is 0.233 e. The second-order valence-electron chi connectivity index (χ2n) is 5.00. The molecule has 5 heteroatoms. The van der Waals surface area contributed by atoms with Crippen molar-refractivity contribution < 1.29 is 4.79 Å². The Morgan fingerprint density at radius 1 is 1.39 bits per heavy atom. The lowest BCUT2D eigenvalue weighted by Gasteiger charge is -2.35. The first-order valence-electron chi connectivity index (χ1n) is 5.75. The molecule has 0 spiro atoms. The molecular weight excluding hydrogens is 264 g/mol. The summed E-state index contributed by atoms with van der Waals surface area (Å²) in [4.78, 5) is 12.1. The van der Waals surface area contributed by atoms with E-state index in [4.69, 9.17) is 16.9 Å². The summed E-state index contributed by atoms with van der Waals surface area (Å²) in [5, 5.41) is 8.86. The van der Waals surface area contributed by atoms with Gasteiger partial charge in [-0.1, -0.05) is 37.8 Å². The third-order valence-corrected chi connectivity index (χ3v) is 4.60. The molecule has 0 saturated carbocycles. The maximum Gasteiger partial charge on any atom is 0.233 e. The van der Waals surface area contributed by atoms with Crippen LogP contribution < -0.4 is 4.57 Å². The van der Waals surface area contributed by atoms with Crippen LogP contribution >= 0.6 is 11.6 Å². The van der Waals surface area contributed by atoms with E-state index in [-0.39, 0.29) is 11.8 Å². The number of carbonyl (C=O) groups excluding carboxylic acids is 1. The number of benzene rings is 1. The van der Waals surface area contributed by atoms with Gasteiger partial charge in [-0.2, -0.15) is 5.26 Å². The number of halogens is 1. The first-order valence-corrected chi connectivity index (χ1v) is 9.74. The van der Waals surface area contributed by atoms with E-state index in [1.165, 1.54) is 0 Å². The standard InChI is InChI=1S/C13H17ClN2OSi/c1-18(2,3)16(13(17)10-14)12-7-5-4-6-11(12)8-9-15/h4-7H,8,10H2,1-3H3. The molecule has 1 amide bonds. The van der Waals surface area contributed by atoms with Crippen molar-refractivity contribution in [2.75, 3.05) is 10.4 Å². The average Bonchev–Trinajstić information content (AvgIpc) is 2.30. The summed E-state index contributed by atoms with van der Waals surface area (Å²) in [6.07, 6.45) is 0.298. The van der Waals surface area contributed by atoms with Crippen LogP contribution in [-0.2, 0) is 11.2 Å². The Morgan fingerprint density at radius 2 is 2.00 bits per heavy atom. The Kier molecular flexibility index (Phi) is 4.94. The van der Waals surface area contributed by atoms with Crippen molar-refractivity contribution >= 4 is 31.4 Å². The van der Waals surface area contributed by atoms with Crippen LogP contribution in [0.4, 0.5) is 5.69 Å². The number of nitriles is 1. The van der Waals surface area contributed by atoms with Gasteiger partial charge in [0.1, 0.15) is 5.88 Å². The van der Waals surface area contributed by atoms with E-state index >= 15 is 0 Å². The second kappa shape index (κ2) is 6.03. The normalized spacial score (nSPS) is 10.8. The number of alkyl halides is 1. The summed E-state index contributed by atoms with van der Waals surface area (Å²) in [6, 6.07) is 9.66. The van der Waals surface area contributed by atoms with Crippen LogP contribution in [0, 0.1) is 11.3 Å². The molecule has 0 saturated heterocycles. The molecule has 0 aliphatic heterocycles. The maximum atomic E-state index is 12.1. The monoisotopic (exact) mass is 280 g/mol. The van der Waals surface area contributed by atoms with Crippen molar-refractivity contribution in [2.24, 2.45) is 0 Å². The highest BCUT2D eigenvalue weighted by molar-refractivity contribution is 6.83. The van der Waals surface area contributed by atoms with Gasteiger partial charge in [0.05, 0.1) is 12.5 Å². The van der Waals surface area contributed by atoms with Gasteiger partial charge in [-0.25, -0.2) is 0 Å². The van der Waals surface area contributed by atoms with E-state index in [9.17, 15) is 4.79 Å². The Labute approximate surface area is 114 Å². The minimum atomic E-state index is -1.88. The number of hydrogen-bond donors (Lipinski definition) is 0. The third-order valence-electron chi connectivity index (χ3n) is 2.54. The van der Waals surface area contributed by atoms with Crippen molar-refractivity contribution in [3.05, 3.63) is 29.8 Å². The van der Waals surface area contributed by atoms with Crippen molar-refractivity contribution in [3.63, 3.8) is 0 Å². The lowest BCUT2D eigenvalue weighted by atomic mass is 10.1. The molecule has 0 heterocycles. The number of amides is 1. The molecule has 0 bridgehead atoms. The van der Waals surface area contributed by atoms with Gasteiger partial charge in [0, 0.05) is 5.69 Å². The molecule has 0 aromatic heterocycles. The largest absolute Gasteiger partial charge is 0.340 e. The SMILES string of the molecule is C[Si](C)(C)N(C(=O)CCl)c1ccccc1CC#N. The molecule has 0 aliphatic carbocycles. The topological polar surface area (TPSA) is 44.1 Å². The minimum Gasteiger partial charge on any atom is -0.340 e. The van der Waals surface area contributed by atoms with Gasteiger partial charge in [-0.3, -0.25) is 4.79 Å². The van der Waals surface area contributed by atoms with Gasteiger partial charge < -0.3 is 4.57 Å². The van der Waals surface area contributed by atoms with Gasteiger partial charge in [0.25, 0.3) is 0 Å². The molecule has 96 valence electrons. The molecule has 0 fully saturated rings. The fraction of sp³-hybridized carbons (Fsp3) is 0.385. The van der Waals surface area contributed by atoms with E-state index in [0.717, 1.165) is 11.3 Å². The van der Waals surface area contributed by atoms with Crippen LogP contribution in [-0.4, -0.2) is 20.0 Å². The third kappa shape index (κ3) is 3.34. The molecule has 1 aromatic carbocycles. The van der Waals surface area contributed by atoms with Crippen LogP contribution in [0.5, 0.6) is 0 Å². The molecule has 1 rings (SSSR count). The Bertz CT molecular complexity index is 477. The Morgan fingerprint density at radius 3 is 2.50 bits per heavy atom. The average molecular weight is 281 g/mol. The number of anilines is 1.